The van der Waals surface area contributed by atoms with E-state index in [9.17, 15) is 9.59 Å². The Morgan fingerprint density at radius 2 is 1.93 bits per heavy atom. The summed E-state index contributed by atoms with van der Waals surface area (Å²) in [5, 5.41) is 7.55. The van der Waals surface area contributed by atoms with E-state index in [1.54, 1.807) is 20.1 Å². The fraction of sp³-hybridized carbons (Fsp3) is 0.227. The first kappa shape index (κ1) is 22.1. The van der Waals surface area contributed by atoms with Gasteiger partial charge in [-0.1, -0.05) is 45.4 Å². The molecule has 0 aliphatic carbocycles. The Labute approximate surface area is 187 Å². The van der Waals surface area contributed by atoms with Gasteiger partial charge in [0.15, 0.2) is 0 Å². The molecular formula is C22H22BrN3O3S. The van der Waals surface area contributed by atoms with Crippen LogP contribution in [0.5, 0.6) is 5.75 Å². The first-order chi connectivity index (χ1) is 14.4. The number of thioether (sulfide) groups is 1. The molecule has 0 fully saturated rings. The highest BCUT2D eigenvalue weighted by Gasteiger charge is 2.17. The zero-order chi connectivity index (χ0) is 21.7. The minimum atomic E-state index is -0.389. The summed E-state index contributed by atoms with van der Waals surface area (Å²) in [5.74, 6) is 0.586. The van der Waals surface area contributed by atoms with Crippen molar-refractivity contribution in [3.8, 4) is 11.4 Å². The monoisotopic (exact) mass is 487 g/mol. The van der Waals surface area contributed by atoms with Crippen LogP contribution in [0.15, 0.2) is 68.9 Å². The molecule has 1 heterocycles. The van der Waals surface area contributed by atoms with Gasteiger partial charge < -0.3 is 10.1 Å². The Hall–Kier alpha value is -2.58. The lowest BCUT2D eigenvalue weighted by Crippen LogP contribution is -2.31. The molecule has 2 aromatic carbocycles. The summed E-state index contributed by atoms with van der Waals surface area (Å²) in [6, 6.07) is 16.3. The number of hydrogen-bond acceptors (Lipinski definition) is 5. The molecule has 156 valence electrons. The van der Waals surface area contributed by atoms with Crippen LogP contribution in [0.4, 0.5) is 0 Å². The number of halogens is 1. The number of methoxy groups -OCH3 is 1. The van der Waals surface area contributed by atoms with Crippen LogP contribution in [-0.2, 0) is 11.3 Å². The number of aromatic nitrogens is 2. The molecule has 3 rings (SSSR count). The van der Waals surface area contributed by atoms with Crippen molar-refractivity contribution in [2.75, 3.05) is 7.11 Å². The molecule has 3 aromatic rings. The minimum absolute atomic E-state index is 0.128. The third-order valence-electron chi connectivity index (χ3n) is 4.42. The number of carbonyl (C=O) groups is 1. The van der Waals surface area contributed by atoms with Crippen molar-refractivity contribution in [1.29, 1.82) is 0 Å². The first-order valence-electron chi connectivity index (χ1n) is 9.31. The average Bonchev–Trinajstić information content (AvgIpc) is 2.74. The van der Waals surface area contributed by atoms with E-state index in [0.717, 1.165) is 15.6 Å². The second-order valence-corrected chi connectivity index (χ2v) is 8.97. The van der Waals surface area contributed by atoms with Crippen LogP contribution >= 0.6 is 27.7 Å². The van der Waals surface area contributed by atoms with E-state index in [4.69, 9.17) is 4.74 Å². The molecule has 0 aliphatic rings. The Bertz CT molecular complexity index is 1100. The number of nitrogens with one attached hydrogen (secondary N) is 1. The van der Waals surface area contributed by atoms with E-state index in [0.29, 0.717) is 23.0 Å². The molecule has 1 amide bonds. The molecule has 0 aliphatic heterocycles. The largest absolute Gasteiger partial charge is 0.496 e. The van der Waals surface area contributed by atoms with Gasteiger partial charge in [0.2, 0.25) is 5.91 Å². The van der Waals surface area contributed by atoms with Crippen molar-refractivity contribution in [2.45, 2.75) is 30.7 Å². The molecular weight excluding hydrogens is 466 g/mol. The predicted molar refractivity (Wildman–Crippen MR) is 122 cm³/mol. The van der Waals surface area contributed by atoms with E-state index >= 15 is 0 Å². The van der Waals surface area contributed by atoms with Gasteiger partial charge in [-0.3, -0.25) is 9.59 Å². The quantitative estimate of drug-likeness (QED) is 0.507. The summed E-state index contributed by atoms with van der Waals surface area (Å²) in [7, 11) is 1.60. The Balaban J connectivity index is 1.68. The van der Waals surface area contributed by atoms with Crippen LogP contribution in [0.3, 0.4) is 0 Å². The molecule has 0 radical (unpaired) electrons. The normalized spacial score (nSPS) is 11.7. The molecule has 1 atom stereocenters. The molecule has 1 N–H and O–H groups in total. The fourth-order valence-corrected chi connectivity index (χ4v) is 4.01. The molecule has 0 spiro atoms. The van der Waals surface area contributed by atoms with Crippen molar-refractivity contribution in [3.63, 3.8) is 0 Å². The van der Waals surface area contributed by atoms with Gasteiger partial charge >= 0.3 is 0 Å². The van der Waals surface area contributed by atoms with Crippen molar-refractivity contribution in [1.82, 2.24) is 15.1 Å². The number of aryl methyl sites for hydroxylation is 1. The highest BCUT2D eigenvalue weighted by atomic mass is 79.9. The smallest absolute Gasteiger partial charge is 0.271 e. The zero-order valence-electron chi connectivity index (χ0n) is 16.9. The van der Waals surface area contributed by atoms with Gasteiger partial charge in [-0.25, -0.2) is 0 Å². The van der Waals surface area contributed by atoms with Crippen LogP contribution in [0.25, 0.3) is 5.69 Å². The zero-order valence-corrected chi connectivity index (χ0v) is 19.3. The number of benzene rings is 2. The number of ether oxygens (including phenoxy) is 1. The number of nitrogens with zero attached hydrogens (tertiary/aromatic N) is 2. The molecule has 30 heavy (non-hydrogen) atoms. The van der Waals surface area contributed by atoms with Crippen molar-refractivity contribution in [2.24, 2.45) is 0 Å². The van der Waals surface area contributed by atoms with Gasteiger partial charge in [0, 0.05) is 22.6 Å². The SMILES string of the molecule is COc1ccc(Br)cc1CNC(=O)[C@@H](C)Sc1ccc(=O)n(-c2ccc(C)cc2)n1. The summed E-state index contributed by atoms with van der Waals surface area (Å²) in [4.78, 5) is 24.8. The van der Waals surface area contributed by atoms with Gasteiger partial charge in [-0.15, -0.1) is 0 Å². The highest BCUT2D eigenvalue weighted by Crippen LogP contribution is 2.24. The third-order valence-corrected chi connectivity index (χ3v) is 5.94. The maximum atomic E-state index is 12.6. The van der Waals surface area contributed by atoms with Gasteiger partial charge in [-0.05, 0) is 50.2 Å². The summed E-state index contributed by atoms with van der Waals surface area (Å²) < 4.78 is 7.60. The fourth-order valence-electron chi connectivity index (χ4n) is 2.77. The number of carbonyl (C=O) groups excluding carboxylic acids is 1. The average molecular weight is 488 g/mol. The molecule has 0 saturated carbocycles. The Morgan fingerprint density at radius 3 is 2.63 bits per heavy atom. The number of amides is 1. The van der Waals surface area contributed by atoms with E-state index in [1.165, 1.54) is 22.5 Å². The minimum Gasteiger partial charge on any atom is -0.496 e. The molecule has 0 bridgehead atoms. The lowest BCUT2D eigenvalue weighted by molar-refractivity contribution is -0.120. The lowest BCUT2D eigenvalue weighted by Gasteiger charge is -2.14. The van der Waals surface area contributed by atoms with Gasteiger partial charge in [0.1, 0.15) is 10.8 Å². The van der Waals surface area contributed by atoms with Crippen LogP contribution in [0, 0.1) is 6.92 Å². The maximum Gasteiger partial charge on any atom is 0.271 e. The Morgan fingerprint density at radius 1 is 1.20 bits per heavy atom. The number of rotatable bonds is 7. The maximum absolute atomic E-state index is 12.6. The van der Waals surface area contributed by atoms with Crippen LogP contribution in [-0.4, -0.2) is 28.0 Å². The number of hydrogen-bond donors (Lipinski definition) is 1. The van der Waals surface area contributed by atoms with E-state index in [2.05, 4.69) is 26.3 Å². The van der Waals surface area contributed by atoms with E-state index < -0.39 is 0 Å². The summed E-state index contributed by atoms with van der Waals surface area (Å²) >= 11 is 4.73. The molecule has 0 saturated heterocycles. The van der Waals surface area contributed by atoms with E-state index in [1.807, 2.05) is 49.4 Å². The van der Waals surface area contributed by atoms with Crippen LogP contribution < -0.4 is 15.6 Å². The van der Waals surface area contributed by atoms with Crippen LogP contribution in [0.1, 0.15) is 18.1 Å². The summed E-state index contributed by atoms with van der Waals surface area (Å²) in [6.07, 6.45) is 0. The molecule has 0 unspecified atom stereocenters. The first-order valence-corrected chi connectivity index (χ1v) is 11.0. The third kappa shape index (κ3) is 5.52. The van der Waals surface area contributed by atoms with Gasteiger partial charge in [0.05, 0.1) is 18.0 Å². The van der Waals surface area contributed by atoms with Crippen LogP contribution in [0.2, 0.25) is 0 Å². The molecule has 1 aromatic heterocycles. The Kier molecular flexibility index (Phi) is 7.33. The van der Waals surface area contributed by atoms with Gasteiger partial charge in [-0.2, -0.15) is 9.78 Å². The van der Waals surface area contributed by atoms with Crippen molar-refractivity contribution < 1.29 is 9.53 Å². The second kappa shape index (κ2) is 9.95. The second-order valence-electron chi connectivity index (χ2n) is 6.69. The predicted octanol–water partition coefficient (Wildman–Crippen LogP) is 4.11. The van der Waals surface area contributed by atoms with Crippen molar-refractivity contribution >= 4 is 33.6 Å². The lowest BCUT2D eigenvalue weighted by atomic mass is 10.2. The summed E-state index contributed by atoms with van der Waals surface area (Å²) in [6.45, 7) is 4.14. The van der Waals surface area contributed by atoms with Gasteiger partial charge in [0.25, 0.3) is 5.56 Å². The van der Waals surface area contributed by atoms with Crippen molar-refractivity contribution in [3.05, 3.63) is 80.6 Å². The molecule has 8 heteroatoms. The van der Waals surface area contributed by atoms with E-state index in [-0.39, 0.29) is 16.7 Å². The molecule has 6 nitrogen and oxygen atoms in total. The summed E-state index contributed by atoms with van der Waals surface area (Å²) in [5.41, 5.74) is 2.45. The standard InChI is InChI=1S/C22H22BrN3O3S/c1-14-4-7-18(8-5-14)26-21(27)11-10-20(25-26)30-15(2)22(28)24-13-16-12-17(23)6-9-19(16)29-3/h4-12,15H,13H2,1-3H3,(H,24,28)/t15-/m1/s1. The highest BCUT2D eigenvalue weighted by molar-refractivity contribution is 9.10. The topological polar surface area (TPSA) is 73.2 Å².